The van der Waals surface area contributed by atoms with Crippen molar-refractivity contribution in [1.82, 2.24) is 19.8 Å². The van der Waals surface area contributed by atoms with Gasteiger partial charge in [-0.15, -0.1) is 0 Å². The van der Waals surface area contributed by atoms with E-state index in [1.54, 1.807) is 12.5 Å². The molecule has 1 aliphatic rings. The largest absolute Gasteiger partial charge is 0.479 e. The van der Waals surface area contributed by atoms with Gasteiger partial charge in [-0.05, 0) is 19.3 Å². The molecule has 0 aliphatic carbocycles. The summed E-state index contributed by atoms with van der Waals surface area (Å²) < 4.78 is 1.86. The van der Waals surface area contributed by atoms with Crippen molar-refractivity contribution in [1.29, 1.82) is 0 Å². The average molecular weight is 280 g/mol. The number of hydrogen-bond donors (Lipinski definition) is 2. The van der Waals surface area contributed by atoms with Crippen LogP contribution in [0.25, 0.3) is 0 Å². The van der Waals surface area contributed by atoms with E-state index in [9.17, 15) is 14.7 Å². The van der Waals surface area contributed by atoms with Crippen LogP contribution in [0.15, 0.2) is 18.7 Å². The van der Waals surface area contributed by atoms with Gasteiger partial charge in [-0.1, -0.05) is 6.92 Å². The van der Waals surface area contributed by atoms with E-state index in [1.807, 2.05) is 17.7 Å². The minimum atomic E-state index is -1.04. The number of carbonyl (C=O) groups is 2. The first kappa shape index (κ1) is 14.4. The number of amides is 2. The van der Waals surface area contributed by atoms with Crippen molar-refractivity contribution >= 4 is 12.0 Å². The fraction of sp³-hybridized carbons (Fsp3) is 0.615. The molecule has 1 aromatic heterocycles. The Balaban J connectivity index is 1.92. The monoisotopic (exact) mass is 280 g/mol. The minimum Gasteiger partial charge on any atom is -0.479 e. The van der Waals surface area contributed by atoms with Gasteiger partial charge in [0, 0.05) is 32.0 Å². The molecule has 0 aromatic carbocycles. The average Bonchev–Trinajstić information content (AvgIpc) is 3.07. The third kappa shape index (κ3) is 2.61. The lowest BCUT2D eigenvalue weighted by atomic mass is 9.93. The van der Waals surface area contributed by atoms with Crippen molar-refractivity contribution in [2.75, 3.05) is 13.1 Å². The van der Waals surface area contributed by atoms with Gasteiger partial charge in [-0.3, -0.25) is 0 Å². The number of imidazole rings is 1. The molecule has 2 heterocycles. The first-order valence-electron chi connectivity index (χ1n) is 6.85. The molecule has 1 aromatic rings. The Morgan fingerprint density at radius 1 is 1.50 bits per heavy atom. The summed E-state index contributed by atoms with van der Waals surface area (Å²) in [6.45, 7) is 3.37. The summed E-state index contributed by atoms with van der Waals surface area (Å²) >= 11 is 0. The Kier molecular flexibility index (Phi) is 4.26. The third-order valence-corrected chi connectivity index (χ3v) is 3.92. The summed E-state index contributed by atoms with van der Waals surface area (Å²) in [5, 5.41) is 12.2. The molecular weight excluding hydrogens is 260 g/mol. The molecule has 1 atom stereocenters. The van der Waals surface area contributed by atoms with Crippen molar-refractivity contribution in [2.24, 2.45) is 0 Å². The molecule has 2 rings (SSSR count). The second-order valence-electron chi connectivity index (χ2n) is 4.98. The van der Waals surface area contributed by atoms with Crippen LogP contribution < -0.4 is 5.32 Å². The Hall–Kier alpha value is -2.05. The fourth-order valence-corrected chi connectivity index (χ4v) is 2.72. The van der Waals surface area contributed by atoms with Crippen LogP contribution in [-0.4, -0.2) is 50.2 Å². The lowest BCUT2D eigenvalue weighted by Gasteiger charge is -2.33. The summed E-state index contributed by atoms with van der Waals surface area (Å²) in [5.41, 5.74) is -1.04. The molecule has 1 fully saturated rings. The number of likely N-dealkylation sites (tertiary alicyclic amines) is 1. The third-order valence-electron chi connectivity index (χ3n) is 3.92. The molecule has 0 radical (unpaired) electrons. The number of aliphatic carboxylic acids is 1. The van der Waals surface area contributed by atoms with Gasteiger partial charge >= 0.3 is 12.0 Å². The maximum atomic E-state index is 12.2. The maximum Gasteiger partial charge on any atom is 0.329 e. The molecule has 2 N–H and O–H groups in total. The van der Waals surface area contributed by atoms with Crippen LogP contribution >= 0.6 is 0 Å². The Morgan fingerprint density at radius 3 is 2.90 bits per heavy atom. The highest BCUT2D eigenvalue weighted by Crippen LogP contribution is 2.32. The number of carboxylic acids is 1. The molecule has 1 saturated heterocycles. The molecule has 2 amide bonds. The highest BCUT2D eigenvalue weighted by atomic mass is 16.4. The Bertz CT molecular complexity index is 474. The van der Waals surface area contributed by atoms with Gasteiger partial charge in [0.05, 0.1) is 6.33 Å². The molecule has 20 heavy (non-hydrogen) atoms. The van der Waals surface area contributed by atoms with E-state index < -0.39 is 11.5 Å². The number of carbonyl (C=O) groups excluding carboxylic acids is 1. The van der Waals surface area contributed by atoms with Crippen LogP contribution in [0, 0.1) is 0 Å². The van der Waals surface area contributed by atoms with Crippen molar-refractivity contribution in [3.63, 3.8) is 0 Å². The summed E-state index contributed by atoms with van der Waals surface area (Å²) in [5.74, 6) is -0.915. The normalized spacial score (nSPS) is 21.9. The zero-order valence-corrected chi connectivity index (χ0v) is 11.6. The number of nitrogens with one attached hydrogen (secondary N) is 1. The Labute approximate surface area is 117 Å². The summed E-state index contributed by atoms with van der Waals surface area (Å²) in [7, 11) is 0. The minimum absolute atomic E-state index is 0.299. The van der Waals surface area contributed by atoms with E-state index >= 15 is 0 Å². The van der Waals surface area contributed by atoms with Gasteiger partial charge in [0.2, 0.25) is 0 Å². The highest BCUT2D eigenvalue weighted by Gasteiger charge is 2.48. The van der Waals surface area contributed by atoms with Crippen LogP contribution in [0.2, 0.25) is 0 Å². The molecular formula is C13H20N4O3. The molecule has 7 heteroatoms. The molecule has 0 bridgehead atoms. The van der Waals surface area contributed by atoms with Gasteiger partial charge in [-0.25, -0.2) is 14.6 Å². The first-order chi connectivity index (χ1) is 9.60. The topological polar surface area (TPSA) is 87.5 Å². The number of aromatic nitrogens is 2. The van der Waals surface area contributed by atoms with Crippen LogP contribution in [0.1, 0.15) is 26.2 Å². The van der Waals surface area contributed by atoms with E-state index in [4.69, 9.17) is 0 Å². The van der Waals surface area contributed by atoms with Gasteiger partial charge < -0.3 is 19.9 Å². The number of urea groups is 1. The number of nitrogens with zero attached hydrogens (tertiary/aromatic N) is 3. The van der Waals surface area contributed by atoms with Gasteiger partial charge in [0.1, 0.15) is 5.54 Å². The molecule has 110 valence electrons. The predicted octanol–water partition coefficient (Wildman–Crippen LogP) is 0.922. The number of rotatable bonds is 5. The molecule has 1 unspecified atom stereocenters. The maximum absolute atomic E-state index is 12.2. The lowest BCUT2D eigenvalue weighted by Crippen LogP contribution is -2.55. The van der Waals surface area contributed by atoms with Crippen LogP contribution in [0.3, 0.4) is 0 Å². The van der Waals surface area contributed by atoms with Crippen molar-refractivity contribution in [3.8, 4) is 0 Å². The predicted molar refractivity (Wildman–Crippen MR) is 72.2 cm³/mol. The van der Waals surface area contributed by atoms with Crippen LogP contribution in [0.5, 0.6) is 0 Å². The first-order valence-corrected chi connectivity index (χ1v) is 6.85. The quantitative estimate of drug-likeness (QED) is 0.839. The zero-order valence-electron chi connectivity index (χ0n) is 11.6. The fourth-order valence-electron chi connectivity index (χ4n) is 2.72. The zero-order chi connectivity index (χ0) is 14.6. The van der Waals surface area contributed by atoms with Crippen molar-refractivity contribution < 1.29 is 14.7 Å². The van der Waals surface area contributed by atoms with E-state index in [0.717, 1.165) is 6.42 Å². The number of carboxylic acid groups (broad SMARTS) is 1. The number of hydrogen-bond acceptors (Lipinski definition) is 3. The lowest BCUT2D eigenvalue weighted by molar-refractivity contribution is -0.148. The van der Waals surface area contributed by atoms with Crippen molar-refractivity contribution in [2.45, 2.75) is 38.3 Å². The van der Waals surface area contributed by atoms with Crippen molar-refractivity contribution in [3.05, 3.63) is 18.7 Å². The summed E-state index contributed by atoms with van der Waals surface area (Å²) in [6.07, 6.45) is 6.85. The van der Waals surface area contributed by atoms with Gasteiger partial charge in [0.25, 0.3) is 0 Å². The highest BCUT2D eigenvalue weighted by molar-refractivity contribution is 5.87. The molecule has 1 aliphatic heterocycles. The summed E-state index contributed by atoms with van der Waals surface area (Å²) in [6, 6.07) is -0.299. The SMILES string of the molecule is CCC1(C(=O)O)CCCN1C(=O)NCCn1ccnc1. The molecule has 0 spiro atoms. The smallest absolute Gasteiger partial charge is 0.329 e. The van der Waals surface area contributed by atoms with Gasteiger partial charge in [-0.2, -0.15) is 0 Å². The molecule has 7 nitrogen and oxygen atoms in total. The van der Waals surface area contributed by atoms with Gasteiger partial charge in [0.15, 0.2) is 0 Å². The standard InChI is InChI=1S/C13H20N4O3/c1-2-13(11(18)19)4-3-7-17(13)12(20)15-6-9-16-8-5-14-10-16/h5,8,10H,2-4,6-7,9H2,1H3,(H,15,20)(H,18,19). The van der Waals surface area contributed by atoms with E-state index in [0.29, 0.717) is 32.5 Å². The van der Waals surface area contributed by atoms with E-state index in [1.165, 1.54) is 4.90 Å². The second kappa shape index (κ2) is 5.94. The van der Waals surface area contributed by atoms with E-state index in [2.05, 4.69) is 10.3 Å². The molecule has 0 saturated carbocycles. The van der Waals surface area contributed by atoms with Crippen LogP contribution in [0.4, 0.5) is 4.79 Å². The van der Waals surface area contributed by atoms with E-state index in [-0.39, 0.29) is 6.03 Å². The summed E-state index contributed by atoms with van der Waals surface area (Å²) in [4.78, 5) is 29.1. The Morgan fingerprint density at radius 2 is 2.30 bits per heavy atom. The second-order valence-corrected chi connectivity index (χ2v) is 4.98. The van der Waals surface area contributed by atoms with Crippen LogP contribution in [-0.2, 0) is 11.3 Å².